The summed E-state index contributed by atoms with van der Waals surface area (Å²) in [5.74, 6) is 1.17. The van der Waals surface area contributed by atoms with E-state index in [1.54, 1.807) is 6.07 Å². The van der Waals surface area contributed by atoms with E-state index in [-0.39, 0.29) is 37.0 Å². The first kappa shape index (κ1) is 31.0. The Morgan fingerprint density at radius 3 is 2.29 bits per heavy atom. The predicted octanol–water partition coefficient (Wildman–Crippen LogP) is 7.42. The molecule has 0 aliphatic heterocycles. The zero-order valence-corrected chi connectivity index (χ0v) is 27.5. The molecule has 4 aromatic heterocycles. The summed E-state index contributed by atoms with van der Waals surface area (Å²) < 4.78 is 4.10. The number of benzene rings is 2. The second-order valence-corrected chi connectivity index (χ2v) is 11.6. The average molecular weight is 734 g/mol. The van der Waals surface area contributed by atoms with Crippen LogP contribution in [-0.4, -0.2) is 23.9 Å². The van der Waals surface area contributed by atoms with Gasteiger partial charge in [0, 0.05) is 49.9 Å². The first-order valence-electron chi connectivity index (χ1n) is 13.9. The summed E-state index contributed by atoms with van der Waals surface area (Å²) in [6, 6.07) is 26.2. The molecule has 0 saturated heterocycles. The van der Waals surface area contributed by atoms with E-state index in [9.17, 15) is 4.79 Å². The molecule has 4 heterocycles. The van der Waals surface area contributed by atoms with Crippen LogP contribution in [0.2, 0.25) is 0 Å². The van der Waals surface area contributed by atoms with Crippen LogP contribution in [0, 0.1) is 26.0 Å². The molecule has 217 valence electrons. The monoisotopic (exact) mass is 734 g/mol. The van der Waals surface area contributed by atoms with Gasteiger partial charge in [0.2, 0.25) is 0 Å². The van der Waals surface area contributed by atoms with Crippen molar-refractivity contribution in [3.8, 4) is 17.1 Å². The average Bonchev–Trinajstić information content (AvgIpc) is 3.42. The van der Waals surface area contributed by atoms with E-state index >= 15 is 0 Å². The second-order valence-electron chi connectivity index (χ2n) is 11.6. The van der Waals surface area contributed by atoms with Gasteiger partial charge >= 0.3 is 0 Å². The van der Waals surface area contributed by atoms with Crippen molar-refractivity contribution < 1.29 is 20.1 Å². The summed E-state index contributed by atoms with van der Waals surface area (Å²) in [7, 11) is 0. The Labute approximate surface area is 260 Å². The van der Waals surface area contributed by atoms with E-state index in [1.165, 1.54) is 16.8 Å². The third-order valence-corrected chi connectivity index (χ3v) is 7.08. The summed E-state index contributed by atoms with van der Waals surface area (Å²) in [6.45, 7) is 14.7. The van der Waals surface area contributed by atoms with Gasteiger partial charge in [0.25, 0.3) is 5.56 Å². The normalized spacial score (nSPS) is 11.3. The molecule has 6 nitrogen and oxygen atoms in total. The number of hydrogen-bond acceptors (Lipinski definition) is 4. The molecule has 0 spiro atoms. The molecule has 0 fully saturated rings. The van der Waals surface area contributed by atoms with E-state index in [0.717, 1.165) is 33.7 Å². The summed E-state index contributed by atoms with van der Waals surface area (Å²) >= 11 is 0. The smallest absolute Gasteiger partial charge is 0.264 e. The molecular formula is C35H35IrN5O-2. The zero-order chi connectivity index (χ0) is 29.3. The van der Waals surface area contributed by atoms with Crippen molar-refractivity contribution in [2.75, 3.05) is 0 Å². The standard InChI is InChI=1S/C18H20N3O.C17H15N2.Ir/c1-11(2)14-10-16(22)20-17-12-6-7-15(18(3,4)5)19-13(12)8-9-21(14)17;1-13-7-6-8-14(2)16(13)19-12-11-18-17(19)15-9-4-3-5-10-15;/h7-11H,1-5H3;3-9,11-12H,1-2H3;/q2*-1;. The molecule has 7 heteroatoms. The molecule has 42 heavy (non-hydrogen) atoms. The number of hydrogen-bond donors (Lipinski definition) is 0. The third-order valence-electron chi connectivity index (χ3n) is 7.08. The molecule has 0 saturated carbocycles. The summed E-state index contributed by atoms with van der Waals surface area (Å²) in [6.07, 6.45) is 5.78. The van der Waals surface area contributed by atoms with E-state index in [2.05, 4.69) is 93.3 Å². The number of pyridine rings is 2. The first-order chi connectivity index (χ1) is 19.5. The summed E-state index contributed by atoms with van der Waals surface area (Å²) in [5.41, 5.74) is 7.82. The maximum atomic E-state index is 11.9. The third kappa shape index (κ3) is 6.28. The Balaban J connectivity index is 0.000000190. The van der Waals surface area contributed by atoms with Gasteiger partial charge in [0.15, 0.2) is 0 Å². The minimum atomic E-state index is -0.218. The van der Waals surface area contributed by atoms with Crippen LogP contribution >= 0.6 is 0 Å². The molecule has 0 bridgehead atoms. The molecule has 0 atom stereocenters. The molecule has 1 radical (unpaired) electrons. The van der Waals surface area contributed by atoms with Gasteiger partial charge in [-0.1, -0.05) is 64.3 Å². The van der Waals surface area contributed by atoms with Gasteiger partial charge in [-0.05, 0) is 53.7 Å². The van der Waals surface area contributed by atoms with Crippen molar-refractivity contribution in [2.45, 2.75) is 59.8 Å². The van der Waals surface area contributed by atoms with Crippen LogP contribution in [0.5, 0.6) is 0 Å². The fraction of sp³-hybridized carbons (Fsp3) is 0.257. The fourth-order valence-electron chi connectivity index (χ4n) is 4.95. The van der Waals surface area contributed by atoms with Crippen molar-refractivity contribution in [1.29, 1.82) is 0 Å². The van der Waals surface area contributed by atoms with Gasteiger partial charge < -0.3 is 14.0 Å². The Kier molecular flexibility index (Phi) is 9.24. The van der Waals surface area contributed by atoms with Crippen molar-refractivity contribution in [3.05, 3.63) is 124 Å². The van der Waals surface area contributed by atoms with Crippen molar-refractivity contribution >= 4 is 16.6 Å². The fourth-order valence-corrected chi connectivity index (χ4v) is 4.95. The number of para-hydroxylation sites is 1. The quantitative estimate of drug-likeness (QED) is 0.140. The molecule has 2 aromatic carbocycles. The Hall–Kier alpha value is -3.93. The van der Waals surface area contributed by atoms with Crippen LogP contribution in [0.4, 0.5) is 0 Å². The molecule has 0 unspecified atom stereocenters. The zero-order valence-electron chi connectivity index (χ0n) is 25.1. The minimum Gasteiger partial charge on any atom is -0.348 e. The molecule has 0 aliphatic rings. The maximum Gasteiger partial charge on any atom is 0.264 e. The Morgan fingerprint density at radius 1 is 0.905 bits per heavy atom. The first-order valence-corrected chi connectivity index (χ1v) is 13.9. The van der Waals surface area contributed by atoms with E-state index < -0.39 is 0 Å². The number of nitrogens with zero attached hydrogens (tertiary/aromatic N) is 5. The molecule has 6 rings (SSSR count). The van der Waals surface area contributed by atoms with Gasteiger partial charge in [-0.15, -0.1) is 48.0 Å². The van der Waals surface area contributed by atoms with Crippen molar-refractivity contribution in [3.63, 3.8) is 0 Å². The number of aryl methyl sites for hydroxylation is 2. The Morgan fingerprint density at radius 2 is 1.64 bits per heavy atom. The van der Waals surface area contributed by atoms with Crippen LogP contribution in [0.3, 0.4) is 0 Å². The summed E-state index contributed by atoms with van der Waals surface area (Å²) in [5, 5.41) is 0.787. The van der Waals surface area contributed by atoms with E-state index in [1.807, 2.05) is 59.4 Å². The number of fused-ring (bicyclic) bond motifs is 3. The van der Waals surface area contributed by atoms with Crippen LogP contribution in [0.15, 0.2) is 84.0 Å². The van der Waals surface area contributed by atoms with Crippen LogP contribution in [-0.2, 0) is 25.5 Å². The van der Waals surface area contributed by atoms with Crippen LogP contribution < -0.4 is 5.56 Å². The van der Waals surface area contributed by atoms with Gasteiger partial charge in [-0.25, -0.2) is 4.98 Å². The van der Waals surface area contributed by atoms with Gasteiger partial charge in [-0.2, -0.15) is 0 Å². The largest absolute Gasteiger partial charge is 0.348 e. The topological polar surface area (TPSA) is 65.1 Å². The SMILES string of the molecule is CC(C)c1cc(=O)nc2c3[c-]cc(C(C)(C)C)nc3ccn12.Cc1cccc(C)c1-n1ccnc1-c1[c-]cccc1.[Ir]. The van der Waals surface area contributed by atoms with Gasteiger partial charge in [0.05, 0.1) is 11.5 Å². The van der Waals surface area contributed by atoms with Crippen LogP contribution in [0.1, 0.15) is 63.1 Å². The number of imidazole rings is 1. The predicted molar refractivity (Wildman–Crippen MR) is 166 cm³/mol. The molecule has 0 N–H and O–H groups in total. The van der Waals surface area contributed by atoms with E-state index in [4.69, 9.17) is 4.98 Å². The second kappa shape index (κ2) is 12.5. The minimum absolute atomic E-state index is 0. The maximum absolute atomic E-state index is 11.9. The Bertz CT molecular complexity index is 1880. The molecule has 0 amide bonds. The molecule has 6 aromatic rings. The number of rotatable bonds is 3. The molecule has 0 aliphatic carbocycles. The molecular weight excluding hydrogens is 699 g/mol. The van der Waals surface area contributed by atoms with Gasteiger partial charge in [-0.3, -0.25) is 9.78 Å². The number of aromatic nitrogens is 5. The summed E-state index contributed by atoms with van der Waals surface area (Å²) in [4.78, 5) is 25.3. The van der Waals surface area contributed by atoms with Crippen LogP contribution in [0.25, 0.3) is 33.6 Å². The van der Waals surface area contributed by atoms with Crippen molar-refractivity contribution in [2.24, 2.45) is 0 Å². The van der Waals surface area contributed by atoms with Gasteiger partial charge in [0.1, 0.15) is 0 Å². The van der Waals surface area contributed by atoms with Crippen molar-refractivity contribution in [1.82, 2.24) is 23.9 Å². The van der Waals surface area contributed by atoms with E-state index in [0.29, 0.717) is 5.65 Å².